The molecule has 1 heterocycles. The molecule has 0 spiro atoms. The Morgan fingerprint density at radius 1 is 0.714 bits per heavy atom. The second-order valence-corrected chi connectivity index (χ2v) is 2.36. The van der Waals surface area contributed by atoms with Gasteiger partial charge in [0.25, 0.3) is 0 Å². The Morgan fingerprint density at radius 3 is 1.14 bits per heavy atom. The van der Waals surface area contributed by atoms with Gasteiger partial charge >= 0.3 is 0 Å². The molecule has 1 saturated heterocycles. The average Bonchev–Trinajstić information content (AvgIpc) is 2.13. The van der Waals surface area contributed by atoms with E-state index in [0.717, 1.165) is 0 Å². The molecule has 0 amide bonds. The lowest BCUT2D eigenvalue weighted by molar-refractivity contribution is 0.277. The summed E-state index contributed by atoms with van der Waals surface area (Å²) in [5.74, 6) is 0. The van der Waals surface area contributed by atoms with Gasteiger partial charge in [-0.2, -0.15) is 0 Å². The summed E-state index contributed by atoms with van der Waals surface area (Å²) in [6.45, 7) is 10.6. The number of hydrogen-bond donors (Lipinski definition) is 1. The van der Waals surface area contributed by atoms with Crippen LogP contribution in [0.25, 0.3) is 0 Å². The predicted molar refractivity (Wildman–Crippen MR) is 72.5 cm³/mol. The topological polar surface area (TPSA) is 38.2 Å². The Balaban J connectivity index is -0.0000000350. The fourth-order valence-corrected chi connectivity index (χ4v) is 1.05. The van der Waals surface area contributed by atoms with Crippen LogP contribution in [0.3, 0.4) is 0 Å². The number of likely N-dealkylation sites (tertiary alicyclic amines) is 1. The van der Waals surface area contributed by atoms with E-state index in [0.29, 0.717) is 0 Å². The Bertz CT molecular complexity index is 50.3. The minimum absolute atomic E-state index is 0. The zero-order valence-electron chi connectivity index (χ0n) is 9.69. The SMILES string of the molecule is C.C.CC.CC.CN1CCCCC1.N. The predicted octanol–water partition coefficient (Wildman–Crippen LogP) is 4.59. The van der Waals surface area contributed by atoms with Gasteiger partial charge in [-0.1, -0.05) is 49.0 Å². The van der Waals surface area contributed by atoms with E-state index in [2.05, 4.69) is 11.9 Å². The van der Waals surface area contributed by atoms with Crippen molar-refractivity contribution in [3.63, 3.8) is 0 Å². The van der Waals surface area contributed by atoms with Crippen LogP contribution in [-0.4, -0.2) is 25.0 Å². The molecule has 0 unspecified atom stereocenters. The zero-order valence-corrected chi connectivity index (χ0v) is 9.69. The molecule has 14 heavy (non-hydrogen) atoms. The monoisotopic (exact) mass is 208 g/mol. The summed E-state index contributed by atoms with van der Waals surface area (Å²) in [4.78, 5) is 2.39. The van der Waals surface area contributed by atoms with E-state index in [1.807, 2.05) is 27.7 Å². The first-order valence-corrected chi connectivity index (χ1v) is 5.08. The van der Waals surface area contributed by atoms with E-state index in [1.54, 1.807) is 0 Å². The third kappa shape index (κ3) is 22.7. The standard InChI is InChI=1S/C6H13N.2C2H6.2CH4.H3N/c1-7-5-3-2-4-6-7;2*1-2;;;/h2-6H2,1H3;2*1-2H3;2*1H4;1H3. The summed E-state index contributed by atoms with van der Waals surface area (Å²) in [6.07, 6.45) is 4.28. The molecule has 0 atom stereocenters. The summed E-state index contributed by atoms with van der Waals surface area (Å²) >= 11 is 0. The van der Waals surface area contributed by atoms with Crippen LogP contribution < -0.4 is 6.15 Å². The Kier molecular flexibility index (Phi) is 61.0. The van der Waals surface area contributed by atoms with Crippen LogP contribution in [-0.2, 0) is 0 Å². The smallest absolute Gasteiger partial charge is 0.00218 e. The molecule has 1 aliphatic heterocycles. The summed E-state index contributed by atoms with van der Waals surface area (Å²) < 4.78 is 0. The van der Waals surface area contributed by atoms with Crippen LogP contribution in [0.2, 0.25) is 0 Å². The van der Waals surface area contributed by atoms with Gasteiger partial charge in [0.05, 0.1) is 0 Å². The Labute approximate surface area is 93.7 Å². The average molecular weight is 208 g/mol. The first-order chi connectivity index (χ1) is 5.39. The number of rotatable bonds is 0. The van der Waals surface area contributed by atoms with Crippen LogP contribution in [0.1, 0.15) is 61.8 Å². The van der Waals surface area contributed by atoms with Crippen LogP contribution in [0.4, 0.5) is 0 Å². The maximum atomic E-state index is 2.39. The van der Waals surface area contributed by atoms with Crippen molar-refractivity contribution in [3.8, 4) is 0 Å². The van der Waals surface area contributed by atoms with Crippen molar-refractivity contribution >= 4 is 0 Å². The van der Waals surface area contributed by atoms with Gasteiger partial charge in [0, 0.05) is 0 Å². The molecular weight excluding hydrogens is 172 g/mol. The van der Waals surface area contributed by atoms with E-state index >= 15 is 0 Å². The molecule has 2 nitrogen and oxygen atoms in total. The molecular formula is C12H36N2. The van der Waals surface area contributed by atoms with E-state index in [-0.39, 0.29) is 21.0 Å². The summed E-state index contributed by atoms with van der Waals surface area (Å²) in [6, 6.07) is 0. The van der Waals surface area contributed by atoms with Crippen molar-refractivity contribution in [2.24, 2.45) is 0 Å². The lowest BCUT2D eigenvalue weighted by Gasteiger charge is -2.20. The molecule has 94 valence electrons. The highest BCUT2D eigenvalue weighted by atomic mass is 15.1. The zero-order chi connectivity index (χ0) is 9.11. The lowest BCUT2D eigenvalue weighted by atomic mass is 10.1. The van der Waals surface area contributed by atoms with Gasteiger partial charge in [-0.15, -0.1) is 0 Å². The Morgan fingerprint density at radius 2 is 1.00 bits per heavy atom. The molecule has 0 aromatic heterocycles. The number of hydrogen-bond acceptors (Lipinski definition) is 2. The van der Waals surface area contributed by atoms with Gasteiger partial charge < -0.3 is 11.1 Å². The van der Waals surface area contributed by atoms with Gasteiger partial charge in [0.1, 0.15) is 0 Å². The molecule has 1 aliphatic rings. The summed E-state index contributed by atoms with van der Waals surface area (Å²) in [7, 11) is 2.19. The van der Waals surface area contributed by atoms with Gasteiger partial charge in [0.15, 0.2) is 0 Å². The summed E-state index contributed by atoms with van der Waals surface area (Å²) in [5.41, 5.74) is 0. The van der Waals surface area contributed by atoms with Crippen molar-refractivity contribution in [1.82, 2.24) is 11.1 Å². The number of piperidine rings is 1. The van der Waals surface area contributed by atoms with E-state index in [1.165, 1.54) is 32.4 Å². The normalized spacial score (nSPS) is 13.5. The highest BCUT2D eigenvalue weighted by molar-refractivity contribution is 4.58. The van der Waals surface area contributed by atoms with Crippen molar-refractivity contribution in [2.75, 3.05) is 20.1 Å². The highest BCUT2D eigenvalue weighted by Gasteiger charge is 2.02. The highest BCUT2D eigenvalue weighted by Crippen LogP contribution is 2.04. The molecule has 0 bridgehead atoms. The molecule has 0 aromatic rings. The minimum atomic E-state index is 0. The molecule has 0 aliphatic carbocycles. The maximum absolute atomic E-state index is 2.39. The quantitative estimate of drug-likeness (QED) is 0.632. The van der Waals surface area contributed by atoms with E-state index in [9.17, 15) is 0 Å². The van der Waals surface area contributed by atoms with Crippen molar-refractivity contribution in [3.05, 3.63) is 0 Å². The molecule has 3 N–H and O–H groups in total. The lowest BCUT2D eigenvalue weighted by Crippen LogP contribution is -2.24. The largest absolute Gasteiger partial charge is 0.344 e. The van der Waals surface area contributed by atoms with Gasteiger partial charge in [-0.3, -0.25) is 0 Å². The third-order valence-corrected chi connectivity index (χ3v) is 1.58. The minimum Gasteiger partial charge on any atom is -0.344 e. The first kappa shape index (κ1) is 29.2. The Hall–Kier alpha value is -0.0800. The van der Waals surface area contributed by atoms with Crippen molar-refractivity contribution in [1.29, 1.82) is 0 Å². The molecule has 2 heteroatoms. The van der Waals surface area contributed by atoms with Crippen molar-refractivity contribution in [2.45, 2.75) is 61.8 Å². The maximum Gasteiger partial charge on any atom is -0.00218 e. The van der Waals surface area contributed by atoms with E-state index in [4.69, 9.17) is 0 Å². The van der Waals surface area contributed by atoms with Crippen LogP contribution in [0.15, 0.2) is 0 Å². The third-order valence-electron chi connectivity index (χ3n) is 1.58. The molecule has 0 radical (unpaired) electrons. The first-order valence-electron chi connectivity index (χ1n) is 5.08. The molecule has 1 rings (SSSR count). The fourth-order valence-electron chi connectivity index (χ4n) is 1.05. The molecule has 1 fully saturated rings. The van der Waals surface area contributed by atoms with Crippen molar-refractivity contribution < 1.29 is 0 Å². The second-order valence-electron chi connectivity index (χ2n) is 2.36. The van der Waals surface area contributed by atoms with Crippen LogP contribution in [0, 0.1) is 0 Å². The summed E-state index contributed by atoms with van der Waals surface area (Å²) in [5, 5.41) is 0. The molecule has 0 saturated carbocycles. The van der Waals surface area contributed by atoms with Gasteiger partial charge in [-0.05, 0) is 33.0 Å². The molecule has 0 aromatic carbocycles. The number of nitrogens with zero attached hydrogens (tertiary/aromatic N) is 1. The van der Waals surface area contributed by atoms with E-state index < -0.39 is 0 Å². The fraction of sp³-hybridized carbons (Fsp3) is 1.00. The van der Waals surface area contributed by atoms with Crippen LogP contribution in [0.5, 0.6) is 0 Å². The second kappa shape index (κ2) is 29.3. The van der Waals surface area contributed by atoms with Crippen LogP contribution >= 0.6 is 0 Å². The van der Waals surface area contributed by atoms with Gasteiger partial charge in [0.2, 0.25) is 0 Å². The van der Waals surface area contributed by atoms with Gasteiger partial charge in [-0.25, -0.2) is 0 Å².